The Morgan fingerprint density at radius 1 is 1.63 bits per heavy atom. The lowest BCUT2D eigenvalue weighted by atomic mass is 10.0. The third-order valence-electron chi connectivity index (χ3n) is 3.13. The first-order chi connectivity index (χ1) is 8.91. The second kappa shape index (κ2) is 5.79. The van der Waals surface area contributed by atoms with Gasteiger partial charge in [-0.1, -0.05) is 11.6 Å². The highest BCUT2D eigenvalue weighted by molar-refractivity contribution is 9.10. The van der Waals surface area contributed by atoms with Crippen LogP contribution in [0.5, 0.6) is 0 Å². The van der Waals surface area contributed by atoms with E-state index in [2.05, 4.69) is 21.2 Å². The average Bonchev–Trinajstić information content (AvgIpc) is 2.80. The molecular weight excluding hydrogens is 334 g/mol. The van der Waals surface area contributed by atoms with Crippen LogP contribution in [-0.4, -0.2) is 36.4 Å². The fraction of sp³-hybridized carbons (Fsp3) is 0.462. The van der Waals surface area contributed by atoms with Gasteiger partial charge in [0.05, 0.1) is 11.6 Å². The Morgan fingerprint density at radius 2 is 2.37 bits per heavy atom. The normalized spacial score (nSPS) is 22.5. The third-order valence-corrected chi connectivity index (χ3v) is 4.71. The minimum atomic E-state index is -0.955. The van der Waals surface area contributed by atoms with Crippen LogP contribution in [0.2, 0.25) is 5.02 Å². The highest BCUT2D eigenvalue weighted by Gasteiger charge is 2.32. The highest BCUT2D eigenvalue weighted by atomic mass is 79.9. The number of amides is 1. The summed E-state index contributed by atoms with van der Waals surface area (Å²) in [5.41, 5.74) is 0.415. The Kier molecular flexibility index (Phi) is 4.50. The number of aliphatic hydroxyl groups is 1. The fourth-order valence-corrected chi connectivity index (χ4v) is 2.44. The van der Waals surface area contributed by atoms with Crippen LogP contribution < -0.4 is 5.32 Å². The molecule has 0 bridgehead atoms. The van der Waals surface area contributed by atoms with Crippen molar-refractivity contribution >= 4 is 33.4 Å². The second-order valence-electron chi connectivity index (χ2n) is 4.80. The molecule has 1 fully saturated rings. The van der Waals surface area contributed by atoms with Gasteiger partial charge in [0.25, 0.3) is 5.91 Å². The van der Waals surface area contributed by atoms with Crippen LogP contribution in [-0.2, 0) is 4.74 Å². The number of benzene rings is 1. The molecule has 6 heteroatoms. The molecule has 0 radical (unpaired) electrons. The van der Waals surface area contributed by atoms with Crippen LogP contribution in [0.4, 0.5) is 0 Å². The zero-order valence-corrected chi connectivity index (χ0v) is 12.8. The molecule has 2 N–H and O–H groups in total. The number of ether oxygens (including phenoxy) is 1. The number of carbonyl (C=O) groups is 1. The van der Waals surface area contributed by atoms with Crippen molar-refractivity contribution in [2.75, 3.05) is 19.8 Å². The Balaban J connectivity index is 2.04. The van der Waals surface area contributed by atoms with Crippen molar-refractivity contribution in [3.8, 4) is 0 Å². The highest BCUT2D eigenvalue weighted by Crippen LogP contribution is 2.27. The van der Waals surface area contributed by atoms with E-state index >= 15 is 0 Å². The number of hydrogen-bond donors (Lipinski definition) is 2. The van der Waals surface area contributed by atoms with Gasteiger partial charge in [0, 0.05) is 29.6 Å². The smallest absolute Gasteiger partial charge is 0.251 e. The maximum Gasteiger partial charge on any atom is 0.251 e. The summed E-state index contributed by atoms with van der Waals surface area (Å²) in [4.78, 5) is 12.0. The van der Waals surface area contributed by atoms with E-state index in [4.69, 9.17) is 16.3 Å². The van der Waals surface area contributed by atoms with Crippen LogP contribution in [0.3, 0.4) is 0 Å². The summed E-state index contributed by atoms with van der Waals surface area (Å²) in [6, 6.07) is 3.35. The van der Waals surface area contributed by atoms with Crippen LogP contribution in [0.15, 0.2) is 16.6 Å². The van der Waals surface area contributed by atoms with Crippen LogP contribution >= 0.6 is 27.5 Å². The third kappa shape index (κ3) is 3.48. The van der Waals surface area contributed by atoms with Gasteiger partial charge in [-0.2, -0.15) is 0 Å². The molecule has 1 aromatic rings. The van der Waals surface area contributed by atoms with Crippen molar-refractivity contribution < 1.29 is 14.6 Å². The Hall–Kier alpha value is -0.620. The molecule has 1 aliphatic rings. The predicted octanol–water partition coefficient (Wildman–Crippen LogP) is 2.29. The Morgan fingerprint density at radius 3 is 2.95 bits per heavy atom. The van der Waals surface area contributed by atoms with Gasteiger partial charge >= 0.3 is 0 Å². The molecule has 0 aliphatic carbocycles. The largest absolute Gasteiger partial charge is 0.386 e. The summed E-state index contributed by atoms with van der Waals surface area (Å²) in [6.45, 7) is 2.83. The summed E-state index contributed by atoms with van der Waals surface area (Å²) >= 11 is 9.37. The molecule has 0 aromatic heterocycles. The Bertz CT molecular complexity index is 478. The molecule has 0 spiro atoms. The number of aryl methyl sites for hydroxylation is 1. The number of nitrogens with one attached hydrogen (secondary N) is 1. The molecule has 1 amide bonds. The van der Waals surface area contributed by atoms with Crippen LogP contribution in [0.1, 0.15) is 22.3 Å². The van der Waals surface area contributed by atoms with E-state index < -0.39 is 5.60 Å². The lowest BCUT2D eigenvalue weighted by Gasteiger charge is -2.20. The van der Waals surface area contributed by atoms with Gasteiger partial charge in [-0.25, -0.2) is 0 Å². The molecule has 19 heavy (non-hydrogen) atoms. The van der Waals surface area contributed by atoms with Gasteiger partial charge in [0.1, 0.15) is 5.60 Å². The van der Waals surface area contributed by atoms with E-state index in [9.17, 15) is 9.90 Å². The lowest BCUT2D eigenvalue weighted by molar-refractivity contribution is 0.0264. The summed E-state index contributed by atoms with van der Waals surface area (Å²) in [6.07, 6.45) is 0.535. The van der Waals surface area contributed by atoms with E-state index in [0.717, 1.165) is 10.0 Å². The summed E-state index contributed by atoms with van der Waals surface area (Å²) in [5.74, 6) is -0.252. The standard InChI is InChI=1S/C13H15BrClNO3/c1-8-4-9(5-10(15)11(8)14)12(17)16-6-13(18)2-3-19-7-13/h4-5,18H,2-3,6-7H2,1H3,(H,16,17). The predicted molar refractivity (Wildman–Crippen MR) is 76.6 cm³/mol. The van der Waals surface area contributed by atoms with Crippen molar-refractivity contribution in [2.45, 2.75) is 18.9 Å². The van der Waals surface area contributed by atoms with Crippen molar-refractivity contribution in [2.24, 2.45) is 0 Å². The monoisotopic (exact) mass is 347 g/mol. The molecule has 1 unspecified atom stereocenters. The second-order valence-corrected chi connectivity index (χ2v) is 6.00. The zero-order chi connectivity index (χ0) is 14.0. The maximum absolute atomic E-state index is 12.0. The SMILES string of the molecule is Cc1cc(C(=O)NCC2(O)CCOC2)cc(Cl)c1Br. The molecule has 4 nitrogen and oxygen atoms in total. The summed E-state index contributed by atoms with van der Waals surface area (Å²) < 4.78 is 5.91. The maximum atomic E-state index is 12.0. The van der Waals surface area contributed by atoms with E-state index in [1.165, 1.54) is 0 Å². The summed E-state index contributed by atoms with van der Waals surface area (Å²) in [7, 11) is 0. The molecule has 2 rings (SSSR count). The van der Waals surface area contributed by atoms with Gasteiger partial charge in [-0.3, -0.25) is 4.79 Å². The van der Waals surface area contributed by atoms with Gasteiger partial charge < -0.3 is 15.2 Å². The van der Waals surface area contributed by atoms with E-state index in [1.54, 1.807) is 12.1 Å². The molecule has 1 aliphatic heterocycles. The van der Waals surface area contributed by atoms with Crippen molar-refractivity contribution in [3.05, 3.63) is 32.8 Å². The number of rotatable bonds is 3. The topological polar surface area (TPSA) is 58.6 Å². The van der Waals surface area contributed by atoms with Crippen LogP contribution in [0.25, 0.3) is 0 Å². The van der Waals surface area contributed by atoms with Crippen LogP contribution in [0, 0.1) is 6.92 Å². The van der Waals surface area contributed by atoms with E-state index in [-0.39, 0.29) is 19.1 Å². The van der Waals surface area contributed by atoms with Crippen molar-refractivity contribution in [1.29, 1.82) is 0 Å². The van der Waals surface area contributed by atoms with E-state index in [1.807, 2.05) is 6.92 Å². The fourth-order valence-electron chi connectivity index (χ4n) is 1.94. The molecule has 0 saturated carbocycles. The average molecular weight is 349 g/mol. The first-order valence-corrected chi connectivity index (χ1v) is 7.12. The number of halogens is 2. The number of hydrogen-bond acceptors (Lipinski definition) is 3. The first kappa shape index (κ1) is 14.8. The molecule has 1 aromatic carbocycles. The molecule has 1 heterocycles. The minimum Gasteiger partial charge on any atom is -0.386 e. The van der Waals surface area contributed by atoms with Gasteiger partial charge in [0.15, 0.2) is 0 Å². The molecule has 104 valence electrons. The van der Waals surface area contributed by atoms with Gasteiger partial charge in [0.2, 0.25) is 0 Å². The molecule has 1 atom stereocenters. The van der Waals surface area contributed by atoms with E-state index in [0.29, 0.717) is 23.6 Å². The number of carbonyl (C=O) groups excluding carboxylic acids is 1. The molecular formula is C13H15BrClNO3. The molecule has 1 saturated heterocycles. The summed E-state index contributed by atoms with van der Waals surface area (Å²) in [5, 5.41) is 13.3. The lowest BCUT2D eigenvalue weighted by Crippen LogP contribution is -2.43. The van der Waals surface area contributed by atoms with Gasteiger partial charge in [-0.05, 0) is 40.5 Å². The minimum absolute atomic E-state index is 0.179. The first-order valence-electron chi connectivity index (χ1n) is 5.95. The van der Waals surface area contributed by atoms with Crippen molar-refractivity contribution in [1.82, 2.24) is 5.32 Å². The van der Waals surface area contributed by atoms with Crippen molar-refractivity contribution in [3.63, 3.8) is 0 Å². The zero-order valence-electron chi connectivity index (χ0n) is 10.5. The van der Waals surface area contributed by atoms with Gasteiger partial charge in [-0.15, -0.1) is 0 Å². The quantitative estimate of drug-likeness (QED) is 0.881. The Labute approximate surface area is 125 Å².